The fourth-order valence-corrected chi connectivity index (χ4v) is 3.85. The summed E-state index contributed by atoms with van der Waals surface area (Å²) in [5.41, 5.74) is 3.30. The van der Waals surface area contributed by atoms with Gasteiger partial charge in [-0.15, -0.1) is 11.8 Å². The molecule has 0 atom stereocenters. The van der Waals surface area contributed by atoms with Gasteiger partial charge < -0.3 is 5.32 Å². The van der Waals surface area contributed by atoms with Gasteiger partial charge >= 0.3 is 0 Å². The summed E-state index contributed by atoms with van der Waals surface area (Å²) in [7, 11) is 1.85. The Balaban J connectivity index is 1.58. The third kappa shape index (κ3) is 4.26. The molecule has 2 heterocycles. The molecular weight excluding hydrogens is 379 g/mol. The summed E-state index contributed by atoms with van der Waals surface area (Å²) in [6.45, 7) is 1.92. The topological polar surface area (TPSA) is 59.8 Å². The number of carbonyl (C=O) groups excluding carboxylic acids is 1. The highest BCUT2D eigenvalue weighted by atomic mass is 35.5. The largest absolute Gasteiger partial charge is 0.324 e. The number of thioether (sulfide) groups is 1. The summed E-state index contributed by atoms with van der Waals surface area (Å²) in [4.78, 5) is 16.5. The Morgan fingerprint density at radius 2 is 2.12 bits per heavy atom. The van der Waals surface area contributed by atoms with Crippen molar-refractivity contribution in [2.24, 2.45) is 7.05 Å². The molecule has 0 aliphatic rings. The van der Waals surface area contributed by atoms with Crippen molar-refractivity contribution in [1.82, 2.24) is 14.8 Å². The van der Waals surface area contributed by atoms with Gasteiger partial charge in [-0.2, -0.15) is 5.10 Å². The maximum atomic E-state index is 12.1. The molecule has 0 aliphatic heterocycles. The third-order valence-corrected chi connectivity index (χ3v) is 5.22. The second-order valence-electron chi connectivity index (χ2n) is 5.58. The number of nitrogens with one attached hydrogen (secondary N) is 1. The van der Waals surface area contributed by atoms with Gasteiger partial charge in [-0.1, -0.05) is 29.3 Å². The van der Waals surface area contributed by atoms with Crippen LogP contribution in [0.1, 0.15) is 11.3 Å². The predicted octanol–water partition coefficient (Wildman–Crippen LogP) is 4.46. The van der Waals surface area contributed by atoms with Crippen molar-refractivity contribution in [3.05, 3.63) is 51.8 Å². The molecular formula is C17H16Cl2N4OS. The molecule has 0 spiro atoms. The van der Waals surface area contributed by atoms with E-state index in [2.05, 4.69) is 15.4 Å². The van der Waals surface area contributed by atoms with Crippen LogP contribution in [0.5, 0.6) is 0 Å². The number of carbonyl (C=O) groups is 1. The molecule has 1 N–H and O–H groups in total. The molecule has 0 bridgehead atoms. The van der Waals surface area contributed by atoms with Gasteiger partial charge in [-0.3, -0.25) is 9.48 Å². The summed E-state index contributed by atoms with van der Waals surface area (Å²) in [5, 5.41) is 9.34. The number of rotatable bonds is 5. The highest BCUT2D eigenvalue weighted by molar-refractivity contribution is 7.99. The molecule has 0 aliphatic carbocycles. The SMILES string of the molecule is Cc1nn(C)c2ncc(NC(=O)CSCc3ccc(Cl)cc3Cl)cc12. The van der Waals surface area contributed by atoms with Crippen molar-refractivity contribution in [1.29, 1.82) is 0 Å². The third-order valence-electron chi connectivity index (χ3n) is 3.65. The highest BCUT2D eigenvalue weighted by Crippen LogP contribution is 2.25. The van der Waals surface area contributed by atoms with Gasteiger partial charge in [0.1, 0.15) is 0 Å². The van der Waals surface area contributed by atoms with Gasteiger partial charge in [0.15, 0.2) is 5.65 Å². The minimum Gasteiger partial charge on any atom is -0.324 e. The first-order chi connectivity index (χ1) is 11.9. The summed E-state index contributed by atoms with van der Waals surface area (Å²) in [5.74, 6) is 0.878. The van der Waals surface area contributed by atoms with Crippen LogP contribution >= 0.6 is 35.0 Å². The lowest BCUT2D eigenvalue weighted by atomic mass is 10.2. The van der Waals surface area contributed by atoms with Crippen LogP contribution in [0.25, 0.3) is 11.0 Å². The summed E-state index contributed by atoms with van der Waals surface area (Å²) in [6, 6.07) is 7.26. The lowest BCUT2D eigenvalue weighted by molar-refractivity contribution is -0.113. The number of aryl methyl sites for hydroxylation is 2. The maximum Gasteiger partial charge on any atom is 0.234 e. The molecule has 5 nitrogen and oxygen atoms in total. The van der Waals surface area contributed by atoms with Crippen LogP contribution in [0.15, 0.2) is 30.5 Å². The fourth-order valence-electron chi connectivity index (χ4n) is 2.47. The Kier molecular flexibility index (Phi) is 5.51. The first kappa shape index (κ1) is 18.0. The van der Waals surface area contributed by atoms with Gasteiger partial charge in [-0.05, 0) is 30.7 Å². The Hall–Kier alpha value is -1.76. The van der Waals surface area contributed by atoms with Crippen molar-refractivity contribution in [2.45, 2.75) is 12.7 Å². The van der Waals surface area contributed by atoms with Crippen LogP contribution in [0, 0.1) is 6.92 Å². The van der Waals surface area contributed by atoms with Crippen molar-refractivity contribution < 1.29 is 4.79 Å². The van der Waals surface area contributed by atoms with Crippen LogP contribution in [0.2, 0.25) is 10.0 Å². The standard InChI is InChI=1S/C17H16Cl2N4OS/c1-10-14-6-13(7-20-17(14)23(2)22-10)21-16(24)9-25-8-11-3-4-12(18)5-15(11)19/h3-7H,8-9H2,1-2H3,(H,21,24). The van der Waals surface area contributed by atoms with Crippen LogP contribution < -0.4 is 5.32 Å². The zero-order valence-corrected chi connectivity index (χ0v) is 16.0. The highest BCUT2D eigenvalue weighted by Gasteiger charge is 2.09. The lowest BCUT2D eigenvalue weighted by Gasteiger charge is -2.07. The molecule has 3 rings (SSSR count). The molecule has 0 unspecified atom stereocenters. The van der Waals surface area contributed by atoms with E-state index in [4.69, 9.17) is 23.2 Å². The summed E-state index contributed by atoms with van der Waals surface area (Å²) >= 11 is 13.5. The quantitative estimate of drug-likeness (QED) is 0.693. The van der Waals surface area contributed by atoms with E-state index >= 15 is 0 Å². The molecule has 1 aromatic carbocycles. The van der Waals surface area contributed by atoms with Crippen LogP contribution in [0.3, 0.4) is 0 Å². The van der Waals surface area contributed by atoms with E-state index in [0.717, 1.165) is 22.3 Å². The first-order valence-electron chi connectivity index (χ1n) is 7.55. The number of pyridine rings is 1. The second-order valence-corrected chi connectivity index (χ2v) is 7.41. The van der Waals surface area contributed by atoms with Gasteiger partial charge in [0, 0.05) is 28.2 Å². The van der Waals surface area contributed by atoms with Crippen molar-refractivity contribution >= 4 is 57.6 Å². The number of benzene rings is 1. The van der Waals surface area contributed by atoms with E-state index in [1.807, 2.05) is 26.1 Å². The van der Waals surface area contributed by atoms with Crippen LogP contribution in [0.4, 0.5) is 5.69 Å². The van der Waals surface area contributed by atoms with Gasteiger partial charge in [0.2, 0.25) is 5.91 Å². The van der Waals surface area contributed by atoms with Gasteiger partial charge in [0.05, 0.1) is 23.3 Å². The second kappa shape index (κ2) is 7.64. The Morgan fingerprint density at radius 3 is 2.88 bits per heavy atom. The molecule has 8 heteroatoms. The Bertz CT molecular complexity index is 942. The monoisotopic (exact) mass is 394 g/mol. The van der Waals surface area contributed by atoms with Crippen molar-refractivity contribution in [3.8, 4) is 0 Å². The number of fused-ring (bicyclic) bond motifs is 1. The first-order valence-corrected chi connectivity index (χ1v) is 9.46. The average molecular weight is 395 g/mol. The number of hydrogen-bond donors (Lipinski definition) is 1. The Morgan fingerprint density at radius 1 is 1.32 bits per heavy atom. The zero-order chi connectivity index (χ0) is 18.0. The summed E-state index contributed by atoms with van der Waals surface area (Å²) < 4.78 is 1.72. The molecule has 0 radical (unpaired) electrons. The smallest absolute Gasteiger partial charge is 0.234 e. The fraction of sp³-hybridized carbons (Fsp3) is 0.235. The lowest BCUT2D eigenvalue weighted by Crippen LogP contribution is -2.14. The van der Waals surface area contributed by atoms with E-state index in [1.165, 1.54) is 11.8 Å². The van der Waals surface area contributed by atoms with Crippen LogP contribution in [-0.2, 0) is 17.6 Å². The number of nitrogens with zero attached hydrogens (tertiary/aromatic N) is 3. The average Bonchev–Trinajstić information content (AvgIpc) is 2.84. The number of aromatic nitrogens is 3. The maximum absolute atomic E-state index is 12.1. The van der Waals surface area contributed by atoms with E-state index in [1.54, 1.807) is 23.0 Å². The van der Waals surface area contributed by atoms with Crippen molar-refractivity contribution in [2.75, 3.05) is 11.1 Å². The summed E-state index contributed by atoms with van der Waals surface area (Å²) in [6.07, 6.45) is 1.64. The molecule has 3 aromatic rings. The Labute approximate surface area is 159 Å². The molecule has 25 heavy (non-hydrogen) atoms. The molecule has 1 amide bonds. The molecule has 0 saturated heterocycles. The van der Waals surface area contributed by atoms with E-state index < -0.39 is 0 Å². The molecule has 0 fully saturated rings. The van der Waals surface area contributed by atoms with Gasteiger partial charge in [0.25, 0.3) is 0 Å². The van der Waals surface area contributed by atoms with E-state index in [9.17, 15) is 4.79 Å². The van der Waals surface area contributed by atoms with Gasteiger partial charge in [-0.25, -0.2) is 4.98 Å². The van der Waals surface area contributed by atoms with E-state index in [0.29, 0.717) is 27.2 Å². The number of halogens is 2. The number of anilines is 1. The molecule has 130 valence electrons. The normalized spacial score (nSPS) is 11.0. The minimum atomic E-state index is -0.0854. The van der Waals surface area contributed by atoms with E-state index in [-0.39, 0.29) is 5.91 Å². The van der Waals surface area contributed by atoms with Crippen molar-refractivity contribution in [3.63, 3.8) is 0 Å². The zero-order valence-electron chi connectivity index (χ0n) is 13.7. The molecule has 0 saturated carbocycles. The number of amides is 1. The van der Waals surface area contributed by atoms with Crippen LogP contribution in [-0.4, -0.2) is 26.4 Å². The minimum absolute atomic E-state index is 0.0854. The molecule has 2 aromatic heterocycles. The predicted molar refractivity (Wildman–Crippen MR) is 104 cm³/mol. The number of hydrogen-bond acceptors (Lipinski definition) is 4.